The summed E-state index contributed by atoms with van der Waals surface area (Å²) >= 11 is 1.87. The molecule has 0 bridgehead atoms. The Bertz CT molecular complexity index is 2800. The molecule has 2 N–H and O–H groups in total. The second kappa shape index (κ2) is 12.8. The lowest BCUT2D eigenvalue weighted by molar-refractivity contribution is 1.18. The summed E-state index contributed by atoms with van der Waals surface area (Å²) in [7, 11) is 0. The highest BCUT2D eigenvalue weighted by atomic mass is 32.1. The van der Waals surface area contributed by atoms with Crippen molar-refractivity contribution in [3.63, 3.8) is 0 Å². The van der Waals surface area contributed by atoms with Crippen molar-refractivity contribution >= 4 is 64.7 Å². The number of nitrogens with zero attached hydrogens (tertiary/aromatic N) is 2. The second-order valence-electron chi connectivity index (χ2n) is 12.7. The molecule has 9 aromatic rings. The predicted octanol–water partition coefficient (Wildman–Crippen LogP) is 12.4. The van der Waals surface area contributed by atoms with Crippen LogP contribution < -0.4 is 5.73 Å². The van der Waals surface area contributed by atoms with Gasteiger partial charge in [0.25, 0.3) is 0 Å². The van der Waals surface area contributed by atoms with E-state index in [4.69, 9.17) is 5.73 Å². The highest BCUT2D eigenvalue weighted by molar-refractivity contribution is 7.26. The summed E-state index contributed by atoms with van der Waals surface area (Å²) in [5, 5.41) is 5.17. The smallest absolute Gasteiger partial charge is 0.130 e. The molecule has 0 atom stereocenters. The van der Waals surface area contributed by atoms with Crippen LogP contribution >= 0.6 is 11.3 Å². The van der Waals surface area contributed by atoms with Gasteiger partial charge in [0.1, 0.15) is 5.84 Å². The minimum atomic E-state index is 0.451. The number of rotatable bonds is 7. The van der Waals surface area contributed by atoms with Crippen molar-refractivity contribution in [3.8, 4) is 27.9 Å². The van der Waals surface area contributed by atoms with Gasteiger partial charge in [-0.05, 0) is 88.0 Å². The van der Waals surface area contributed by atoms with E-state index in [0.717, 1.165) is 33.5 Å². The molecule has 0 fully saturated rings. The molecule has 0 radical (unpaired) electrons. The molecule has 0 saturated carbocycles. The Morgan fingerprint density at radius 1 is 0.569 bits per heavy atom. The SMILES string of the molecule is C=C(/C=C\N=C(N)c1ccc(-n2c3ccccc3c3c4sc5ccccc5c4ccc32)cc1)c1cccc(-c2ccc(-c3ccccc3)cc2)c1. The van der Waals surface area contributed by atoms with Gasteiger partial charge in [-0.3, -0.25) is 0 Å². The first-order valence-electron chi connectivity index (χ1n) is 17.0. The molecule has 4 heteroatoms. The number of allylic oxidation sites excluding steroid dienone is 2. The minimum absolute atomic E-state index is 0.451. The van der Waals surface area contributed by atoms with Crippen LogP contribution in [0.5, 0.6) is 0 Å². The maximum Gasteiger partial charge on any atom is 0.130 e. The normalized spacial score (nSPS) is 12.1. The van der Waals surface area contributed by atoms with Crippen molar-refractivity contribution in [2.45, 2.75) is 0 Å². The van der Waals surface area contributed by atoms with Crippen LogP contribution in [0.1, 0.15) is 11.1 Å². The third-order valence-corrected chi connectivity index (χ3v) is 10.9. The molecule has 0 aliphatic rings. The monoisotopic (exact) mass is 671 g/mol. The number of hydrogen-bond acceptors (Lipinski definition) is 2. The Balaban J connectivity index is 0.961. The number of para-hydroxylation sites is 1. The number of amidine groups is 1. The number of aliphatic imine (C=N–C) groups is 1. The number of hydrogen-bond donors (Lipinski definition) is 1. The van der Waals surface area contributed by atoms with Gasteiger partial charge in [0.05, 0.1) is 11.0 Å². The molecule has 2 aromatic heterocycles. The number of thiophene rings is 1. The number of benzene rings is 7. The number of aromatic nitrogens is 1. The highest BCUT2D eigenvalue weighted by Crippen LogP contribution is 2.43. The molecule has 242 valence electrons. The predicted molar refractivity (Wildman–Crippen MR) is 220 cm³/mol. The first kappa shape index (κ1) is 30.6. The van der Waals surface area contributed by atoms with Crippen LogP contribution in [0.25, 0.3) is 75.5 Å². The van der Waals surface area contributed by atoms with Crippen molar-refractivity contribution < 1.29 is 0 Å². The van der Waals surface area contributed by atoms with Gasteiger partial charge in [-0.1, -0.05) is 122 Å². The van der Waals surface area contributed by atoms with Crippen LogP contribution in [0, 0.1) is 0 Å². The van der Waals surface area contributed by atoms with Gasteiger partial charge in [0.15, 0.2) is 0 Å². The van der Waals surface area contributed by atoms with Crippen LogP contribution in [0.4, 0.5) is 0 Å². The molecule has 3 nitrogen and oxygen atoms in total. The summed E-state index contributed by atoms with van der Waals surface area (Å²) in [5.41, 5.74) is 17.4. The van der Waals surface area contributed by atoms with E-state index in [0.29, 0.717) is 5.84 Å². The maximum atomic E-state index is 6.49. The Labute approximate surface area is 300 Å². The molecule has 9 rings (SSSR count). The molecule has 7 aromatic carbocycles. The fraction of sp³-hybridized carbons (Fsp3) is 0. The summed E-state index contributed by atoms with van der Waals surface area (Å²) in [4.78, 5) is 4.57. The minimum Gasteiger partial charge on any atom is -0.383 e. The molecular formula is C47H33N3S. The van der Waals surface area contributed by atoms with Crippen LogP contribution in [-0.4, -0.2) is 10.4 Å². The summed E-state index contributed by atoms with van der Waals surface area (Å²) < 4.78 is 4.99. The third kappa shape index (κ3) is 5.52. The summed E-state index contributed by atoms with van der Waals surface area (Å²) in [5.74, 6) is 0.451. The summed E-state index contributed by atoms with van der Waals surface area (Å²) in [6.07, 6.45) is 3.64. The van der Waals surface area contributed by atoms with Crippen LogP contribution in [0.3, 0.4) is 0 Å². The highest BCUT2D eigenvalue weighted by Gasteiger charge is 2.17. The van der Waals surface area contributed by atoms with Gasteiger partial charge in [-0.2, -0.15) is 0 Å². The van der Waals surface area contributed by atoms with E-state index in [2.05, 4.69) is 162 Å². The first-order chi connectivity index (χ1) is 25.1. The Kier molecular flexibility index (Phi) is 7.64. The third-order valence-electron chi connectivity index (χ3n) is 9.65. The lowest BCUT2D eigenvalue weighted by Crippen LogP contribution is -2.12. The molecule has 0 saturated heterocycles. The second-order valence-corrected chi connectivity index (χ2v) is 13.8. The van der Waals surface area contributed by atoms with E-state index in [1.54, 1.807) is 6.20 Å². The maximum absolute atomic E-state index is 6.49. The first-order valence-corrected chi connectivity index (χ1v) is 17.8. The van der Waals surface area contributed by atoms with E-state index >= 15 is 0 Å². The van der Waals surface area contributed by atoms with E-state index in [-0.39, 0.29) is 0 Å². The fourth-order valence-corrected chi connectivity index (χ4v) is 8.32. The zero-order valence-corrected chi connectivity index (χ0v) is 28.6. The fourth-order valence-electron chi connectivity index (χ4n) is 7.06. The quantitative estimate of drug-likeness (QED) is 0.102. The summed E-state index contributed by atoms with van der Waals surface area (Å²) in [6, 6.07) is 57.7. The van der Waals surface area contributed by atoms with Crippen LogP contribution in [0.15, 0.2) is 188 Å². The molecule has 0 unspecified atom stereocenters. The lowest BCUT2D eigenvalue weighted by Gasteiger charge is -2.09. The lowest BCUT2D eigenvalue weighted by atomic mass is 9.97. The topological polar surface area (TPSA) is 43.3 Å². The van der Waals surface area contributed by atoms with Gasteiger partial charge in [0.2, 0.25) is 0 Å². The molecular weight excluding hydrogens is 639 g/mol. The van der Waals surface area contributed by atoms with Gasteiger partial charge in [-0.15, -0.1) is 11.3 Å². The average molecular weight is 672 g/mol. The summed E-state index contributed by atoms with van der Waals surface area (Å²) in [6.45, 7) is 4.31. The Morgan fingerprint density at radius 2 is 1.24 bits per heavy atom. The molecule has 2 heterocycles. The van der Waals surface area contributed by atoms with Crippen molar-refractivity contribution in [3.05, 3.63) is 194 Å². The van der Waals surface area contributed by atoms with Gasteiger partial charge < -0.3 is 10.3 Å². The van der Waals surface area contributed by atoms with Crippen LogP contribution in [-0.2, 0) is 0 Å². The van der Waals surface area contributed by atoms with Gasteiger partial charge >= 0.3 is 0 Å². The largest absolute Gasteiger partial charge is 0.383 e. The Hall–Kier alpha value is -6.49. The van der Waals surface area contributed by atoms with Crippen molar-refractivity contribution in [2.75, 3.05) is 0 Å². The van der Waals surface area contributed by atoms with Crippen molar-refractivity contribution in [2.24, 2.45) is 10.7 Å². The van der Waals surface area contributed by atoms with Gasteiger partial charge in [-0.25, -0.2) is 4.99 Å². The van der Waals surface area contributed by atoms with E-state index in [1.807, 2.05) is 35.6 Å². The zero-order valence-electron chi connectivity index (χ0n) is 27.8. The molecule has 51 heavy (non-hydrogen) atoms. The number of fused-ring (bicyclic) bond motifs is 7. The van der Waals surface area contributed by atoms with Crippen LogP contribution in [0.2, 0.25) is 0 Å². The van der Waals surface area contributed by atoms with E-state index in [9.17, 15) is 0 Å². The van der Waals surface area contributed by atoms with E-state index < -0.39 is 0 Å². The average Bonchev–Trinajstić information content (AvgIpc) is 3.74. The number of nitrogens with two attached hydrogens (primary N) is 1. The van der Waals surface area contributed by atoms with Crippen molar-refractivity contribution in [1.29, 1.82) is 0 Å². The van der Waals surface area contributed by atoms with E-state index in [1.165, 1.54) is 53.1 Å². The zero-order chi connectivity index (χ0) is 34.3. The standard InChI is InChI=1S/C47H33N3S/c1-31(36-12-9-13-37(30-36)34-20-18-33(19-21-34)32-10-3-2-4-11-32)28-29-49-47(48)35-22-24-38(25-23-35)50-42-16-7-5-15-41(42)45-43(50)27-26-40-39-14-6-8-17-44(39)51-46(40)45/h2-30H,1H2,(H2,48,49)/b29-28-. The van der Waals surface area contributed by atoms with Gasteiger partial charge in [0, 0.05) is 48.4 Å². The molecule has 0 spiro atoms. The molecule has 0 amide bonds. The molecule has 0 aliphatic heterocycles. The van der Waals surface area contributed by atoms with Crippen molar-refractivity contribution in [1.82, 2.24) is 4.57 Å². The molecule has 0 aliphatic carbocycles. The Morgan fingerprint density at radius 3 is 2.04 bits per heavy atom.